The predicted octanol–water partition coefficient (Wildman–Crippen LogP) is 2.99. The first kappa shape index (κ1) is 15.5. The van der Waals surface area contributed by atoms with Gasteiger partial charge in [0.1, 0.15) is 5.01 Å². The van der Waals surface area contributed by atoms with Crippen molar-refractivity contribution in [2.45, 2.75) is 25.4 Å². The van der Waals surface area contributed by atoms with E-state index in [2.05, 4.69) is 4.98 Å². The van der Waals surface area contributed by atoms with Crippen LogP contribution in [0.1, 0.15) is 19.0 Å². The number of thiazole rings is 1. The molecule has 1 fully saturated rings. The van der Waals surface area contributed by atoms with Gasteiger partial charge in [-0.25, -0.2) is 4.98 Å². The molecule has 1 saturated heterocycles. The van der Waals surface area contributed by atoms with Gasteiger partial charge in [0.15, 0.2) is 0 Å². The Balaban J connectivity index is 1.70. The maximum atomic E-state index is 12.3. The average Bonchev–Trinajstić information content (AvgIpc) is 3.06. The van der Waals surface area contributed by atoms with Crippen LogP contribution in [-0.2, 0) is 11.2 Å². The van der Waals surface area contributed by atoms with E-state index in [0.29, 0.717) is 24.5 Å². The zero-order chi connectivity index (χ0) is 15.7. The van der Waals surface area contributed by atoms with E-state index in [-0.39, 0.29) is 12.3 Å². The van der Waals surface area contributed by atoms with E-state index in [1.165, 1.54) is 11.3 Å². The molecule has 0 radical (unpaired) electrons. The highest BCUT2D eigenvalue weighted by atomic mass is 35.5. The van der Waals surface area contributed by atoms with E-state index in [4.69, 9.17) is 11.6 Å². The zero-order valence-corrected chi connectivity index (χ0v) is 13.8. The van der Waals surface area contributed by atoms with Gasteiger partial charge in [0.05, 0.1) is 22.7 Å². The fraction of sp³-hybridized carbons (Fsp3) is 0.375. The van der Waals surface area contributed by atoms with Crippen molar-refractivity contribution < 1.29 is 9.90 Å². The summed E-state index contributed by atoms with van der Waals surface area (Å²) in [6, 6.07) is 7.54. The number of aromatic nitrogens is 1. The van der Waals surface area contributed by atoms with Gasteiger partial charge in [-0.05, 0) is 19.4 Å². The fourth-order valence-corrected chi connectivity index (χ4v) is 3.71. The van der Waals surface area contributed by atoms with Crippen molar-refractivity contribution in [3.8, 4) is 10.6 Å². The molecule has 1 aliphatic heterocycles. The molecule has 4 nitrogen and oxygen atoms in total. The molecule has 1 atom stereocenters. The summed E-state index contributed by atoms with van der Waals surface area (Å²) < 4.78 is 0. The molecule has 0 unspecified atom stereocenters. The minimum Gasteiger partial charge on any atom is -0.388 e. The highest BCUT2D eigenvalue weighted by Gasteiger charge is 2.33. The molecule has 0 saturated carbocycles. The first-order valence-electron chi connectivity index (χ1n) is 7.14. The van der Waals surface area contributed by atoms with E-state index in [0.717, 1.165) is 16.3 Å². The average molecular weight is 337 g/mol. The Kier molecular flexibility index (Phi) is 4.21. The van der Waals surface area contributed by atoms with Crippen LogP contribution >= 0.6 is 22.9 Å². The van der Waals surface area contributed by atoms with Crippen molar-refractivity contribution in [1.82, 2.24) is 9.88 Å². The Labute approximate surface area is 138 Å². The minimum atomic E-state index is -0.763. The highest BCUT2D eigenvalue weighted by molar-refractivity contribution is 7.13. The van der Waals surface area contributed by atoms with Crippen molar-refractivity contribution in [2.24, 2.45) is 0 Å². The third-order valence-electron chi connectivity index (χ3n) is 3.79. The first-order chi connectivity index (χ1) is 10.4. The van der Waals surface area contributed by atoms with E-state index >= 15 is 0 Å². The lowest BCUT2D eigenvalue weighted by molar-refractivity contribution is -0.130. The Morgan fingerprint density at radius 1 is 1.50 bits per heavy atom. The summed E-state index contributed by atoms with van der Waals surface area (Å²) in [5, 5.41) is 13.3. The normalized spacial score (nSPS) is 21.3. The van der Waals surface area contributed by atoms with E-state index in [1.807, 2.05) is 29.6 Å². The van der Waals surface area contributed by atoms with Crippen LogP contribution in [0.5, 0.6) is 0 Å². The lowest BCUT2D eigenvalue weighted by atomic mass is 10.1. The number of nitrogens with zero attached hydrogens (tertiary/aromatic N) is 2. The van der Waals surface area contributed by atoms with Gasteiger partial charge >= 0.3 is 0 Å². The van der Waals surface area contributed by atoms with E-state index < -0.39 is 5.60 Å². The topological polar surface area (TPSA) is 53.4 Å². The number of aliphatic hydroxyl groups is 1. The van der Waals surface area contributed by atoms with Crippen LogP contribution in [0.4, 0.5) is 0 Å². The lowest BCUT2D eigenvalue weighted by Gasteiger charge is -2.18. The number of hydrogen-bond donors (Lipinski definition) is 1. The highest BCUT2D eigenvalue weighted by Crippen LogP contribution is 2.30. The summed E-state index contributed by atoms with van der Waals surface area (Å²) in [6.45, 7) is 2.76. The Morgan fingerprint density at radius 3 is 2.95 bits per heavy atom. The molecule has 0 spiro atoms. The number of β-amino-alcohol motifs (C(OH)–C–C–N with tert-alkyl or cyclic N) is 1. The Bertz CT molecular complexity index is 699. The molecule has 1 aliphatic rings. The third kappa shape index (κ3) is 3.32. The van der Waals surface area contributed by atoms with Crippen LogP contribution in [0.15, 0.2) is 29.6 Å². The number of rotatable bonds is 3. The third-order valence-corrected chi connectivity index (χ3v) is 5.05. The number of likely N-dealkylation sites (tertiary alicyclic amines) is 1. The number of halogens is 1. The maximum absolute atomic E-state index is 12.3. The van der Waals surface area contributed by atoms with Crippen molar-refractivity contribution >= 4 is 28.8 Å². The summed E-state index contributed by atoms with van der Waals surface area (Å²) in [7, 11) is 0. The second-order valence-corrected chi connectivity index (χ2v) is 7.13. The van der Waals surface area contributed by atoms with E-state index in [9.17, 15) is 9.90 Å². The van der Waals surface area contributed by atoms with Gasteiger partial charge in [-0.2, -0.15) is 0 Å². The van der Waals surface area contributed by atoms with Crippen molar-refractivity contribution in [3.63, 3.8) is 0 Å². The molecule has 22 heavy (non-hydrogen) atoms. The molecule has 6 heteroatoms. The van der Waals surface area contributed by atoms with Gasteiger partial charge in [-0.3, -0.25) is 4.79 Å². The molecule has 0 aliphatic carbocycles. The number of amides is 1. The van der Waals surface area contributed by atoms with Crippen LogP contribution < -0.4 is 0 Å². The molecule has 0 bridgehead atoms. The molecule has 3 rings (SSSR count). The first-order valence-corrected chi connectivity index (χ1v) is 8.40. The van der Waals surface area contributed by atoms with Gasteiger partial charge in [0, 0.05) is 24.0 Å². The fourth-order valence-electron chi connectivity index (χ4n) is 2.57. The molecule has 2 aromatic rings. The molecule has 1 aromatic heterocycles. The summed E-state index contributed by atoms with van der Waals surface area (Å²) >= 11 is 7.66. The largest absolute Gasteiger partial charge is 0.388 e. The molecule has 116 valence electrons. The molecule has 1 amide bonds. The summed E-state index contributed by atoms with van der Waals surface area (Å²) in [5.41, 5.74) is 0.869. The monoisotopic (exact) mass is 336 g/mol. The zero-order valence-electron chi connectivity index (χ0n) is 12.3. The van der Waals surface area contributed by atoms with Crippen LogP contribution in [0.3, 0.4) is 0 Å². The van der Waals surface area contributed by atoms with Crippen LogP contribution in [-0.4, -0.2) is 39.6 Å². The summed E-state index contributed by atoms with van der Waals surface area (Å²) in [4.78, 5) is 18.5. The minimum absolute atomic E-state index is 0.00813. The van der Waals surface area contributed by atoms with Crippen molar-refractivity contribution in [3.05, 3.63) is 40.4 Å². The maximum Gasteiger partial charge on any atom is 0.228 e. The second kappa shape index (κ2) is 5.99. The van der Waals surface area contributed by atoms with Gasteiger partial charge in [-0.15, -0.1) is 11.3 Å². The Hall–Kier alpha value is -1.43. The second-order valence-electron chi connectivity index (χ2n) is 5.86. The molecule has 1 N–H and O–H groups in total. The standard InChI is InChI=1S/C16H17ClN2O2S/c1-16(21)6-7-19(10-16)14(20)8-11-9-22-15(18-11)12-4-2-3-5-13(12)17/h2-5,9,21H,6-8,10H2,1H3/t16-/m0/s1. The van der Waals surface area contributed by atoms with Gasteiger partial charge < -0.3 is 10.0 Å². The smallest absolute Gasteiger partial charge is 0.228 e. The number of carbonyl (C=O) groups excluding carboxylic acids is 1. The molecular formula is C16H17ClN2O2S. The quantitative estimate of drug-likeness (QED) is 0.937. The van der Waals surface area contributed by atoms with Crippen LogP contribution in [0.2, 0.25) is 5.02 Å². The van der Waals surface area contributed by atoms with Crippen LogP contribution in [0.25, 0.3) is 10.6 Å². The molecular weight excluding hydrogens is 320 g/mol. The molecule has 1 aromatic carbocycles. The lowest BCUT2D eigenvalue weighted by Crippen LogP contribution is -2.34. The Morgan fingerprint density at radius 2 is 2.27 bits per heavy atom. The van der Waals surface area contributed by atoms with Gasteiger partial charge in [0.2, 0.25) is 5.91 Å². The van der Waals surface area contributed by atoms with Crippen molar-refractivity contribution in [1.29, 1.82) is 0 Å². The summed E-state index contributed by atoms with van der Waals surface area (Å²) in [6.07, 6.45) is 0.887. The number of hydrogen-bond acceptors (Lipinski definition) is 4. The van der Waals surface area contributed by atoms with Crippen molar-refractivity contribution in [2.75, 3.05) is 13.1 Å². The van der Waals surface area contributed by atoms with E-state index in [1.54, 1.807) is 11.8 Å². The van der Waals surface area contributed by atoms with Gasteiger partial charge in [-0.1, -0.05) is 29.8 Å². The summed E-state index contributed by atoms with van der Waals surface area (Å²) in [5.74, 6) is 0.00813. The van der Waals surface area contributed by atoms with Gasteiger partial charge in [0.25, 0.3) is 0 Å². The van der Waals surface area contributed by atoms with Crippen LogP contribution in [0, 0.1) is 0 Å². The predicted molar refractivity (Wildman–Crippen MR) is 88.1 cm³/mol. The number of benzene rings is 1. The number of carbonyl (C=O) groups is 1. The SMILES string of the molecule is C[C@]1(O)CCN(C(=O)Cc2csc(-c3ccccc3Cl)n2)C1. The molecule has 2 heterocycles.